The summed E-state index contributed by atoms with van der Waals surface area (Å²) in [6, 6.07) is 0. The van der Waals surface area contributed by atoms with E-state index >= 15 is 0 Å². The molecule has 0 saturated heterocycles. The zero-order valence-corrected chi connectivity index (χ0v) is 8.24. The average molecular weight is 207 g/mol. The Morgan fingerprint density at radius 2 is 2.00 bits per heavy atom. The van der Waals surface area contributed by atoms with Gasteiger partial charge in [0.25, 0.3) is 11.1 Å². The lowest BCUT2D eigenvalue weighted by Gasteiger charge is -2.04. The third kappa shape index (κ3) is 1.28. The number of anilines is 1. The van der Waals surface area contributed by atoms with Gasteiger partial charge < -0.3 is 5.73 Å². The second kappa shape index (κ2) is 2.91. The van der Waals surface area contributed by atoms with Gasteiger partial charge in [0, 0.05) is 7.05 Å². The van der Waals surface area contributed by atoms with Gasteiger partial charge in [-0.05, 0) is 6.92 Å². The van der Waals surface area contributed by atoms with Crippen LogP contribution in [0.15, 0.2) is 9.59 Å². The van der Waals surface area contributed by atoms with Crippen molar-refractivity contribution in [3.05, 3.63) is 26.4 Å². The first kappa shape index (κ1) is 9.38. The number of nitrogens with one attached hydrogen (secondary N) is 1. The van der Waals surface area contributed by atoms with Crippen LogP contribution in [0, 0.1) is 6.92 Å². The summed E-state index contributed by atoms with van der Waals surface area (Å²) in [7, 11) is 1.52. The number of nitrogen functional groups attached to an aromatic ring is 1. The zero-order valence-electron chi connectivity index (χ0n) is 8.24. The summed E-state index contributed by atoms with van der Waals surface area (Å²) in [5, 5.41) is 0. The Kier molecular flexibility index (Phi) is 1.82. The molecule has 7 nitrogen and oxygen atoms in total. The quantitative estimate of drug-likeness (QED) is 0.570. The molecule has 15 heavy (non-hydrogen) atoms. The van der Waals surface area contributed by atoms with E-state index in [4.69, 9.17) is 5.73 Å². The van der Waals surface area contributed by atoms with Crippen LogP contribution in [0.3, 0.4) is 0 Å². The molecule has 0 bridgehead atoms. The summed E-state index contributed by atoms with van der Waals surface area (Å²) >= 11 is 0. The Labute approximate surface area is 83.6 Å². The minimum Gasteiger partial charge on any atom is -0.369 e. The number of nitrogens with two attached hydrogens (primary N) is 1. The molecule has 0 spiro atoms. The summed E-state index contributed by atoms with van der Waals surface area (Å²) in [6.07, 6.45) is 0. The van der Waals surface area contributed by atoms with E-state index < -0.39 is 5.56 Å². The van der Waals surface area contributed by atoms with Crippen LogP contribution < -0.4 is 16.9 Å². The van der Waals surface area contributed by atoms with Gasteiger partial charge >= 0.3 is 0 Å². The van der Waals surface area contributed by atoms with E-state index in [9.17, 15) is 9.59 Å². The van der Waals surface area contributed by atoms with Crippen LogP contribution in [0.5, 0.6) is 0 Å². The highest BCUT2D eigenvalue weighted by Crippen LogP contribution is 2.01. The van der Waals surface area contributed by atoms with Gasteiger partial charge in [0.1, 0.15) is 5.69 Å². The van der Waals surface area contributed by atoms with Gasteiger partial charge in [-0.3, -0.25) is 19.1 Å². The number of aromatic amines is 1. The van der Waals surface area contributed by atoms with Gasteiger partial charge in [0.2, 0.25) is 5.95 Å². The molecule has 7 heteroatoms. The van der Waals surface area contributed by atoms with E-state index in [1.165, 1.54) is 18.5 Å². The molecule has 0 aromatic carbocycles. The molecule has 2 heterocycles. The molecule has 0 aliphatic carbocycles. The van der Waals surface area contributed by atoms with Crippen LogP contribution in [-0.2, 0) is 7.05 Å². The van der Waals surface area contributed by atoms with Crippen LogP contribution in [0.4, 0.5) is 5.95 Å². The van der Waals surface area contributed by atoms with Gasteiger partial charge in [0.15, 0.2) is 11.2 Å². The largest absolute Gasteiger partial charge is 0.369 e. The highest BCUT2D eigenvalue weighted by Gasteiger charge is 2.09. The monoisotopic (exact) mass is 207 g/mol. The second-order valence-electron chi connectivity index (χ2n) is 3.18. The van der Waals surface area contributed by atoms with E-state index in [2.05, 4.69) is 15.0 Å². The molecule has 0 unspecified atom stereocenters. The first-order valence-corrected chi connectivity index (χ1v) is 4.24. The van der Waals surface area contributed by atoms with Crippen molar-refractivity contribution in [2.45, 2.75) is 6.92 Å². The van der Waals surface area contributed by atoms with E-state index in [-0.39, 0.29) is 28.4 Å². The smallest absolute Gasteiger partial charge is 0.280 e. The fourth-order valence-electron chi connectivity index (χ4n) is 1.36. The fourth-order valence-corrected chi connectivity index (χ4v) is 1.36. The van der Waals surface area contributed by atoms with E-state index in [1.54, 1.807) is 0 Å². The van der Waals surface area contributed by atoms with Gasteiger partial charge in [-0.25, -0.2) is 4.98 Å². The van der Waals surface area contributed by atoms with Crippen molar-refractivity contribution >= 4 is 17.1 Å². The maximum Gasteiger partial charge on any atom is 0.280 e. The molecule has 2 aromatic heterocycles. The number of rotatable bonds is 0. The van der Waals surface area contributed by atoms with Gasteiger partial charge in [-0.15, -0.1) is 0 Å². The molecular formula is C8H9N5O2. The molecule has 0 aliphatic rings. The molecule has 0 amide bonds. The Morgan fingerprint density at radius 3 is 2.67 bits per heavy atom. The minimum absolute atomic E-state index is 0.0341. The van der Waals surface area contributed by atoms with Crippen LogP contribution in [0.1, 0.15) is 5.69 Å². The predicted molar refractivity (Wildman–Crippen MR) is 54.5 cm³/mol. The SMILES string of the molecule is Cc1nc2c(=O)[nH]c(N)nc2n(C)c1=O. The Morgan fingerprint density at radius 1 is 1.33 bits per heavy atom. The fraction of sp³-hybridized carbons (Fsp3) is 0.250. The number of fused-ring (bicyclic) bond motifs is 1. The van der Waals surface area contributed by atoms with Gasteiger partial charge in [-0.2, -0.15) is 4.98 Å². The maximum absolute atomic E-state index is 11.5. The highest BCUT2D eigenvalue weighted by atomic mass is 16.1. The minimum atomic E-state index is -0.448. The first-order valence-electron chi connectivity index (χ1n) is 4.24. The normalized spacial score (nSPS) is 10.8. The molecule has 0 radical (unpaired) electrons. The van der Waals surface area contributed by atoms with Crippen LogP contribution in [0.25, 0.3) is 11.2 Å². The lowest BCUT2D eigenvalue weighted by atomic mass is 10.4. The molecular weight excluding hydrogens is 198 g/mol. The Bertz CT molecular complexity index is 654. The van der Waals surface area contributed by atoms with Gasteiger partial charge in [0.05, 0.1) is 0 Å². The molecule has 0 atom stereocenters. The number of nitrogens with zero attached hydrogens (tertiary/aromatic N) is 3. The van der Waals surface area contributed by atoms with Crippen molar-refractivity contribution in [2.75, 3.05) is 5.73 Å². The standard InChI is InChI=1S/C8H9N5O2/c1-3-7(15)13(2)5-4(10-3)6(14)12-8(9)11-5/h1-2H3,(H3,9,11,12,14). The molecule has 0 fully saturated rings. The predicted octanol–water partition coefficient (Wildman–Crippen LogP) is -1.09. The lowest BCUT2D eigenvalue weighted by Crippen LogP contribution is -2.26. The van der Waals surface area contributed by atoms with Gasteiger partial charge in [-0.1, -0.05) is 0 Å². The third-order valence-corrected chi connectivity index (χ3v) is 2.11. The highest BCUT2D eigenvalue weighted by molar-refractivity contribution is 5.69. The second-order valence-corrected chi connectivity index (χ2v) is 3.18. The third-order valence-electron chi connectivity index (χ3n) is 2.11. The zero-order chi connectivity index (χ0) is 11.2. The van der Waals surface area contributed by atoms with Crippen molar-refractivity contribution in [1.82, 2.24) is 19.5 Å². The van der Waals surface area contributed by atoms with Crippen molar-refractivity contribution in [3.63, 3.8) is 0 Å². The molecule has 2 aromatic rings. The number of H-pyrrole nitrogens is 1. The lowest BCUT2D eigenvalue weighted by molar-refractivity contribution is 0.850. The van der Waals surface area contributed by atoms with Crippen LogP contribution in [0.2, 0.25) is 0 Å². The number of aryl methyl sites for hydroxylation is 2. The average Bonchev–Trinajstić information content (AvgIpc) is 2.17. The first-order chi connectivity index (χ1) is 7.00. The summed E-state index contributed by atoms with van der Waals surface area (Å²) in [6.45, 7) is 1.54. The summed E-state index contributed by atoms with van der Waals surface area (Å²) in [5.41, 5.74) is 5.19. The van der Waals surface area contributed by atoms with Crippen LogP contribution >= 0.6 is 0 Å². The summed E-state index contributed by atoms with van der Waals surface area (Å²) in [5.74, 6) is -0.0341. The number of hydrogen-bond acceptors (Lipinski definition) is 5. The van der Waals surface area contributed by atoms with Crippen molar-refractivity contribution in [3.8, 4) is 0 Å². The molecule has 3 N–H and O–H groups in total. The summed E-state index contributed by atoms with van der Waals surface area (Å²) in [4.78, 5) is 33.0. The number of hydrogen-bond donors (Lipinski definition) is 2. The van der Waals surface area contributed by atoms with E-state index in [1.807, 2.05) is 0 Å². The summed E-state index contributed by atoms with van der Waals surface area (Å²) < 4.78 is 1.25. The number of aromatic nitrogens is 4. The van der Waals surface area contributed by atoms with Crippen molar-refractivity contribution < 1.29 is 0 Å². The molecule has 2 rings (SSSR count). The Balaban J connectivity index is 3.13. The molecule has 78 valence electrons. The molecule has 0 aliphatic heterocycles. The van der Waals surface area contributed by atoms with Crippen molar-refractivity contribution in [1.29, 1.82) is 0 Å². The van der Waals surface area contributed by atoms with Crippen LogP contribution in [-0.4, -0.2) is 19.5 Å². The van der Waals surface area contributed by atoms with E-state index in [0.717, 1.165) is 0 Å². The Hall–Kier alpha value is -2.18. The van der Waals surface area contributed by atoms with Crippen molar-refractivity contribution in [2.24, 2.45) is 7.05 Å². The molecule has 0 saturated carbocycles. The topological polar surface area (TPSA) is 107 Å². The van der Waals surface area contributed by atoms with E-state index in [0.29, 0.717) is 0 Å². The maximum atomic E-state index is 11.5.